The topological polar surface area (TPSA) is 61.7 Å². The van der Waals surface area contributed by atoms with Gasteiger partial charge in [0.1, 0.15) is 18.5 Å². The molecule has 0 aromatic heterocycles. The van der Waals surface area contributed by atoms with Gasteiger partial charge in [0.25, 0.3) is 0 Å². The predicted molar refractivity (Wildman–Crippen MR) is 69.8 cm³/mol. The van der Waals surface area contributed by atoms with Crippen LogP contribution in [0.15, 0.2) is 24.3 Å². The number of aliphatic hydroxyl groups is 2. The van der Waals surface area contributed by atoms with E-state index in [0.29, 0.717) is 25.6 Å². The van der Waals surface area contributed by atoms with E-state index in [2.05, 4.69) is 5.32 Å². The largest absolute Gasteiger partial charge is 0.491 e. The van der Waals surface area contributed by atoms with E-state index in [9.17, 15) is 5.11 Å². The molecule has 1 saturated carbocycles. The third-order valence-electron chi connectivity index (χ3n) is 2.99. The Kier molecular flexibility index (Phi) is 4.99. The zero-order valence-electron chi connectivity index (χ0n) is 10.5. The maximum Gasteiger partial charge on any atom is 0.119 e. The molecule has 0 saturated heterocycles. The molecule has 1 unspecified atom stereocenters. The summed E-state index contributed by atoms with van der Waals surface area (Å²) in [6.07, 6.45) is 2.64. The summed E-state index contributed by atoms with van der Waals surface area (Å²) in [5, 5.41) is 21.8. The quantitative estimate of drug-likeness (QED) is 0.637. The minimum Gasteiger partial charge on any atom is -0.491 e. The van der Waals surface area contributed by atoms with E-state index in [-0.39, 0.29) is 6.61 Å². The van der Waals surface area contributed by atoms with Gasteiger partial charge in [0.05, 0.1) is 0 Å². The summed E-state index contributed by atoms with van der Waals surface area (Å²) >= 11 is 0. The van der Waals surface area contributed by atoms with Gasteiger partial charge in [-0.25, -0.2) is 0 Å². The molecule has 1 aliphatic carbocycles. The monoisotopic (exact) mass is 251 g/mol. The summed E-state index contributed by atoms with van der Waals surface area (Å²) < 4.78 is 5.50. The van der Waals surface area contributed by atoms with Crippen LogP contribution in [0.3, 0.4) is 0 Å². The molecule has 0 heterocycles. The van der Waals surface area contributed by atoms with Gasteiger partial charge < -0.3 is 20.3 Å². The molecule has 100 valence electrons. The molecule has 0 radical (unpaired) electrons. The van der Waals surface area contributed by atoms with Gasteiger partial charge in [-0.2, -0.15) is 0 Å². The summed E-state index contributed by atoms with van der Waals surface area (Å²) in [6, 6.07) is 8.20. The average Bonchev–Trinajstić information content (AvgIpc) is 3.20. The van der Waals surface area contributed by atoms with E-state index in [4.69, 9.17) is 9.84 Å². The van der Waals surface area contributed by atoms with E-state index in [1.165, 1.54) is 12.8 Å². The lowest BCUT2D eigenvalue weighted by atomic mass is 10.1. The Morgan fingerprint density at radius 3 is 2.61 bits per heavy atom. The fourth-order valence-electron chi connectivity index (χ4n) is 1.72. The molecule has 4 nitrogen and oxygen atoms in total. The van der Waals surface area contributed by atoms with Gasteiger partial charge in [0.2, 0.25) is 0 Å². The van der Waals surface area contributed by atoms with Gasteiger partial charge in [0, 0.05) is 19.2 Å². The molecule has 1 aromatic carbocycles. The molecule has 3 N–H and O–H groups in total. The van der Waals surface area contributed by atoms with Crippen molar-refractivity contribution in [2.45, 2.75) is 31.4 Å². The normalized spacial score (nSPS) is 16.6. The summed E-state index contributed by atoms with van der Waals surface area (Å²) in [5.41, 5.74) is 1.08. The Hall–Kier alpha value is -1.10. The molecule has 0 spiro atoms. The van der Waals surface area contributed by atoms with Crippen molar-refractivity contribution in [1.29, 1.82) is 0 Å². The molecule has 1 aromatic rings. The molecule has 18 heavy (non-hydrogen) atoms. The van der Waals surface area contributed by atoms with E-state index in [0.717, 1.165) is 11.3 Å². The van der Waals surface area contributed by atoms with Crippen molar-refractivity contribution in [3.05, 3.63) is 29.8 Å². The molecule has 0 bridgehead atoms. The molecule has 1 aliphatic rings. The lowest BCUT2D eigenvalue weighted by Crippen LogP contribution is -2.32. The van der Waals surface area contributed by atoms with Crippen LogP contribution in [0.25, 0.3) is 0 Å². The second-order valence-corrected chi connectivity index (χ2v) is 4.76. The molecule has 0 aliphatic heterocycles. The van der Waals surface area contributed by atoms with Crippen LogP contribution in [0, 0.1) is 0 Å². The summed E-state index contributed by atoms with van der Waals surface area (Å²) in [4.78, 5) is 0. The van der Waals surface area contributed by atoms with E-state index >= 15 is 0 Å². The molecule has 2 rings (SSSR count). The Labute approximate surface area is 108 Å². The van der Waals surface area contributed by atoms with Crippen LogP contribution in [0.1, 0.15) is 18.4 Å². The first kappa shape index (κ1) is 13.3. The van der Waals surface area contributed by atoms with Crippen LogP contribution in [0.4, 0.5) is 0 Å². The summed E-state index contributed by atoms with van der Waals surface area (Å²) in [7, 11) is 0. The molecular formula is C14H21NO3. The second kappa shape index (κ2) is 6.73. The number of rotatable bonds is 8. The fourth-order valence-corrected chi connectivity index (χ4v) is 1.72. The van der Waals surface area contributed by atoms with Crippen LogP contribution < -0.4 is 10.1 Å². The van der Waals surface area contributed by atoms with Crippen molar-refractivity contribution in [3.63, 3.8) is 0 Å². The molecule has 0 amide bonds. The second-order valence-electron chi connectivity index (χ2n) is 4.76. The van der Waals surface area contributed by atoms with Gasteiger partial charge in [-0.15, -0.1) is 0 Å². The zero-order valence-corrected chi connectivity index (χ0v) is 10.5. The lowest BCUT2D eigenvalue weighted by Gasteiger charge is -2.13. The highest BCUT2D eigenvalue weighted by atomic mass is 16.5. The third kappa shape index (κ3) is 4.64. The molecule has 4 heteroatoms. The predicted octanol–water partition coefficient (Wildman–Crippen LogP) is 0.713. The highest BCUT2D eigenvalue weighted by Gasteiger charge is 2.21. The zero-order chi connectivity index (χ0) is 12.8. The van der Waals surface area contributed by atoms with Gasteiger partial charge >= 0.3 is 0 Å². The maximum atomic E-state index is 9.71. The Balaban J connectivity index is 1.67. The highest BCUT2D eigenvalue weighted by molar-refractivity contribution is 5.27. The van der Waals surface area contributed by atoms with Crippen LogP contribution in [0.5, 0.6) is 5.75 Å². The first-order valence-corrected chi connectivity index (χ1v) is 6.52. The van der Waals surface area contributed by atoms with Crippen molar-refractivity contribution >= 4 is 0 Å². The van der Waals surface area contributed by atoms with Crippen LogP contribution >= 0.6 is 0 Å². The minimum absolute atomic E-state index is 0.158. The average molecular weight is 251 g/mol. The Bertz CT molecular complexity index is 349. The van der Waals surface area contributed by atoms with Crippen LogP contribution in [-0.4, -0.2) is 42.1 Å². The van der Waals surface area contributed by atoms with Crippen molar-refractivity contribution < 1.29 is 14.9 Å². The molecular weight excluding hydrogens is 230 g/mol. The van der Waals surface area contributed by atoms with Gasteiger partial charge in [-0.05, 0) is 37.0 Å². The number of benzene rings is 1. The van der Waals surface area contributed by atoms with E-state index in [1.54, 1.807) is 0 Å². The van der Waals surface area contributed by atoms with E-state index < -0.39 is 6.10 Å². The third-order valence-corrected chi connectivity index (χ3v) is 2.99. The number of aliphatic hydroxyl groups excluding tert-OH is 2. The van der Waals surface area contributed by atoms with E-state index in [1.807, 2.05) is 24.3 Å². The number of hydrogen-bond donors (Lipinski definition) is 3. The number of ether oxygens (including phenoxy) is 1. The maximum absolute atomic E-state index is 9.71. The van der Waals surface area contributed by atoms with Gasteiger partial charge in [-0.1, -0.05) is 12.1 Å². The molecule has 1 atom stereocenters. The Morgan fingerprint density at radius 1 is 1.28 bits per heavy atom. The summed E-state index contributed by atoms with van der Waals surface area (Å²) in [5.74, 6) is 0.752. The minimum atomic E-state index is -0.470. The van der Waals surface area contributed by atoms with Crippen molar-refractivity contribution in [1.82, 2.24) is 5.32 Å². The first-order valence-electron chi connectivity index (χ1n) is 6.52. The van der Waals surface area contributed by atoms with Crippen molar-refractivity contribution in [3.8, 4) is 5.75 Å². The fraction of sp³-hybridized carbons (Fsp3) is 0.571. The van der Waals surface area contributed by atoms with Crippen LogP contribution in [0.2, 0.25) is 0 Å². The first-order chi connectivity index (χ1) is 8.78. The van der Waals surface area contributed by atoms with Crippen molar-refractivity contribution in [2.75, 3.05) is 19.8 Å². The highest BCUT2D eigenvalue weighted by Crippen LogP contribution is 2.18. The SMILES string of the molecule is OCCc1ccc(OCC(O)CNC2CC2)cc1. The standard InChI is InChI=1S/C14H21NO3/c16-8-7-11-1-5-14(6-2-11)18-10-13(17)9-15-12-3-4-12/h1-2,5-6,12-13,15-17H,3-4,7-10H2. The number of nitrogens with one attached hydrogen (secondary N) is 1. The van der Waals surface area contributed by atoms with Crippen molar-refractivity contribution in [2.24, 2.45) is 0 Å². The van der Waals surface area contributed by atoms with Crippen LogP contribution in [-0.2, 0) is 6.42 Å². The molecule has 1 fully saturated rings. The smallest absolute Gasteiger partial charge is 0.119 e. The lowest BCUT2D eigenvalue weighted by molar-refractivity contribution is 0.106. The number of hydrogen-bond acceptors (Lipinski definition) is 4. The Morgan fingerprint density at radius 2 is 2.00 bits per heavy atom. The summed E-state index contributed by atoms with van der Waals surface area (Å²) in [6.45, 7) is 1.05. The van der Waals surface area contributed by atoms with Gasteiger partial charge in [0.15, 0.2) is 0 Å². The van der Waals surface area contributed by atoms with Gasteiger partial charge in [-0.3, -0.25) is 0 Å².